The quantitative estimate of drug-likeness (QED) is 0.0226. The van der Waals surface area contributed by atoms with Gasteiger partial charge in [-0.05, 0) is 38.5 Å². The predicted molar refractivity (Wildman–Crippen MR) is 206 cm³/mol. The zero-order valence-electron chi connectivity index (χ0n) is 32.6. The fraction of sp³-hybridized carbons (Fsp3) is 0.850. The lowest BCUT2D eigenvalue weighted by Crippen LogP contribution is -2.60. The summed E-state index contributed by atoms with van der Waals surface area (Å²) >= 11 is 0. The SMILES string of the molecule is CCCC/C=C/C/C=C/CCCCCCCC(=O)O[C@H](COC(=O)CCCCCCCCCCCCC)CO[C@H]1O[C@H](CS(=O)(=O)O)[C@@H](O)C(O)C1O. The monoisotopic (exact) mass is 776 g/mol. The molecule has 4 N–H and O–H groups in total. The molecule has 310 valence electrons. The lowest BCUT2D eigenvalue weighted by Gasteiger charge is -2.40. The Kier molecular flexibility index (Phi) is 29.1. The summed E-state index contributed by atoms with van der Waals surface area (Å²) in [5, 5.41) is 30.8. The van der Waals surface area contributed by atoms with Crippen LogP contribution in [0, 0.1) is 0 Å². The summed E-state index contributed by atoms with van der Waals surface area (Å²) in [5.41, 5.74) is 0. The molecule has 1 heterocycles. The van der Waals surface area contributed by atoms with Gasteiger partial charge in [0.1, 0.15) is 36.8 Å². The third kappa shape index (κ3) is 26.6. The highest BCUT2D eigenvalue weighted by Gasteiger charge is 2.46. The smallest absolute Gasteiger partial charge is 0.306 e. The maximum atomic E-state index is 12.7. The van der Waals surface area contributed by atoms with E-state index in [0.29, 0.717) is 12.8 Å². The Balaban J connectivity index is 2.52. The number of unbranched alkanes of at least 4 members (excludes halogenated alkanes) is 17. The Morgan fingerprint density at radius 3 is 1.72 bits per heavy atom. The van der Waals surface area contributed by atoms with Crippen molar-refractivity contribution in [1.82, 2.24) is 0 Å². The first-order valence-corrected chi connectivity index (χ1v) is 22.0. The number of hydrogen-bond donors (Lipinski definition) is 4. The van der Waals surface area contributed by atoms with Crippen LogP contribution >= 0.6 is 0 Å². The number of aliphatic hydroxyl groups is 3. The third-order valence-corrected chi connectivity index (χ3v) is 10.0. The van der Waals surface area contributed by atoms with Gasteiger partial charge in [-0.25, -0.2) is 0 Å². The minimum atomic E-state index is -4.60. The zero-order valence-corrected chi connectivity index (χ0v) is 33.4. The molecule has 0 aromatic carbocycles. The topological polar surface area (TPSA) is 186 Å². The van der Waals surface area contributed by atoms with Crippen molar-refractivity contribution in [1.29, 1.82) is 0 Å². The van der Waals surface area contributed by atoms with Crippen LogP contribution in [0.15, 0.2) is 24.3 Å². The molecule has 0 spiro atoms. The molecule has 1 aliphatic rings. The van der Waals surface area contributed by atoms with Gasteiger partial charge in [-0.15, -0.1) is 0 Å². The van der Waals surface area contributed by atoms with Gasteiger partial charge >= 0.3 is 11.9 Å². The molecule has 1 rings (SSSR count). The number of hydrogen-bond acceptors (Lipinski definition) is 11. The van der Waals surface area contributed by atoms with Gasteiger partial charge in [0.05, 0.1) is 6.61 Å². The van der Waals surface area contributed by atoms with Gasteiger partial charge in [-0.3, -0.25) is 14.1 Å². The number of aliphatic hydroxyl groups excluding tert-OH is 3. The predicted octanol–water partition coefficient (Wildman–Crippen LogP) is 7.28. The van der Waals surface area contributed by atoms with E-state index in [4.69, 9.17) is 18.9 Å². The molecule has 0 saturated carbocycles. The normalized spacial score (nSPS) is 21.4. The molecular weight excluding hydrogens is 704 g/mol. The van der Waals surface area contributed by atoms with E-state index in [1.807, 2.05) is 0 Å². The van der Waals surface area contributed by atoms with Gasteiger partial charge in [0, 0.05) is 12.8 Å². The molecule has 13 heteroatoms. The molecule has 12 nitrogen and oxygen atoms in total. The van der Waals surface area contributed by atoms with Crippen molar-refractivity contribution in [3.63, 3.8) is 0 Å². The molecule has 1 fully saturated rings. The van der Waals surface area contributed by atoms with Crippen LogP contribution in [0.4, 0.5) is 0 Å². The second-order valence-electron chi connectivity index (χ2n) is 14.3. The van der Waals surface area contributed by atoms with Crippen molar-refractivity contribution in [3.05, 3.63) is 24.3 Å². The Morgan fingerprint density at radius 1 is 0.642 bits per heavy atom. The molecule has 2 unspecified atom stereocenters. The molecule has 0 aliphatic carbocycles. The molecule has 0 radical (unpaired) electrons. The summed E-state index contributed by atoms with van der Waals surface area (Å²) in [6.45, 7) is 3.68. The average molecular weight is 777 g/mol. The number of allylic oxidation sites excluding steroid dienone is 4. The summed E-state index contributed by atoms with van der Waals surface area (Å²) in [4.78, 5) is 25.2. The summed E-state index contributed by atoms with van der Waals surface area (Å²) in [6, 6.07) is 0. The number of rotatable bonds is 33. The van der Waals surface area contributed by atoms with Crippen LogP contribution in [-0.2, 0) is 38.7 Å². The van der Waals surface area contributed by atoms with E-state index in [1.54, 1.807) is 0 Å². The lowest BCUT2D eigenvalue weighted by molar-refractivity contribution is -0.297. The third-order valence-electron chi connectivity index (χ3n) is 9.28. The summed E-state index contributed by atoms with van der Waals surface area (Å²) in [6.07, 6.45) is 22.3. The minimum Gasteiger partial charge on any atom is -0.462 e. The van der Waals surface area contributed by atoms with Crippen LogP contribution in [0.5, 0.6) is 0 Å². The number of ether oxygens (including phenoxy) is 4. The fourth-order valence-corrected chi connectivity index (χ4v) is 6.74. The molecule has 53 heavy (non-hydrogen) atoms. The van der Waals surface area contributed by atoms with Crippen LogP contribution in [0.2, 0.25) is 0 Å². The van der Waals surface area contributed by atoms with E-state index in [1.165, 1.54) is 57.8 Å². The van der Waals surface area contributed by atoms with Crippen molar-refractivity contribution in [2.75, 3.05) is 19.0 Å². The fourth-order valence-electron chi connectivity index (χ4n) is 6.04. The van der Waals surface area contributed by atoms with Gasteiger partial charge in [-0.2, -0.15) is 8.42 Å². The number of esters is 2. The molecule has 0 amide bonds. The molecule has 0 aromatic rings. The number of carbonyl (C=O) groups excluding carboxylic acids is 2. The maximum absolute atomic E-state index is 12.7. The first kappa shape index (κ1) is 49.1. The van der Waals surface area contributed by atoms with E-state index in [9.17, 15) is 37.9 Å². The average Bonchev–Trinajstić information content (AvgIpc) is 3.12. The van der Waals surface area contributed by atoms with Crippen molar-refractivity contribution >= 4 is 22.1 Å². The van der Waals surface area contributed by atoms with Crippen LogP contribution in [0.25, 0.3) is 0 Å². The summed E-state index contributed by atoms with van der Waals surface area (Å²) < 4.78 is 53.8. The van der Waals surface area contributed by atoms with E-state index in [2.05, 4.69) is 38.2 Å². The highest BCUT2D eigenvalue weighted by Crippen LogP contribution is 2.24. The van der Waals surface area contributed by atoms with Crippen LogP contribution in [-0.4, -0.2) is 96.0 Å². The Labute approximate surface area is 319 Å². The Morgan fingerprint density at radius 2 is 1.15 bits per heavy atom. The van der Waals surface area contributed by atoms with Crippen molar-refractivity contribution in [2.24, 2.45) is 0 Å². The molecule has 0 aromatic heterocycles. The van der Waals surface area contributed by atoms with Crippen LogP contribution < -0.4 is 0 Å². The number of carbonyl (C=O) groups is 2. The molecule has 0 bridgehead atoms. The van der Waals surface area contributed by atoms with E-state index >= 15 is 0 Å². The first-order valence-electron chi connectivity index (χ1n) is 20.4. The van der Waals surface area contributed by atoms with Gasteiger partial charge in [0.2, 0.25) is 0 Å². The second kappa shape index (κ2) is 31.3. The molecule has 1 aliphatic heterocycles. The standard InChI is InChI=1S/C40H72O12S/c1-3-5-7-9-11-13-15-16-17-19-21-23-25-27-29-36(42)51-33(30-49-35(41)28-26-24-22-20-18-14-12-10-8-6-4-2)31-50-40-39(45)38(44)37(43)34(52-40)32-53(46,47)48/h9,11,15-16,33-34,37-40,43-45H,3-8,10,12-14,17-32H2,1-2H3,(H,46,47,48)/b11-9+,16-15+/t33-,34-,37-,38?,39?,40+/m1/s1. The van der Waals surface area contributed by atoms with Crippen molar-refractivity contribution in [2.45, 2.75) is 198 Å². The van der Waals surface area contributed by atoms with E-state index in [0.717, 1.165) is 64.2 Å². The lowest BCUT2D eigenvalue weighted by atomic mass is 10.00. The largest absolute Gasteiger partial charge is 0.462 e. The molecular formula is C40H72O12S. The first-order chi connectivity index (χ1) is 25.5. The molecule has 6 atom stereocenters. The van der Waals surface area contributed by atoms with Crippen molar-refractivity contribution < 1.29 is 56.8 Å². The zero-order chi connectivity index (χ0) is 39.2. The summed E-state index contributed by atoms with van der Waals surface area (Å²) in [7, 11) is -4.60. The van der Waals surface area contributed by atoms with Crippen molar-refractivity contribution in [3.8, 4) is 0 Å². The molecule has 1 saturated heterocycles. The summed E-state index contributed by atoms with van der Waals surface area (Å²) in [5.74, 6) is -2.00. The Hall–Kier alpha value is -1.87. The van der Waals surface area contributed by atoms with Crippen LogP contribution in [0.3, 0.4) is 0 Å². The van der Waals surface area contributed by atoms with Gasteiger partial charge in [-0.1, -0.05) is 134 Å². The van der Waals surface area contributed by atoms with E-state index in [-0.39, 0.29) is 19.4 Å². The highest BCUT2D eigenvalue weighted by atomic mass is 32.2. The second-order valence-corrected chi connectivity index (χ2v) is 15.8. The van der Waals surface area contributed by atoms with Crippen LogP contribution in [0.1, 0.15) is 162 Å². The Bertz CT molecular complexity index is 1100. The van der Waals surface area contributed by atoms with Gasteiger partial charge in [0.15, 0.2) is 12.4 Å². The minimum absolute atomic E-state index is 0.150. The highest BCUT2D eigenvalue weighted by molar-refractivity contribution is 7.85. The van der Waals surface area contributed by atoms with E-state index < -0.39 is 71.2 Å². The maximum Gasteiger partial charge on any atom is 0.306 e. The van der Waals surface area contributed by atoms with Gasteiger partial charge in [0.25, 0.3) is 10.1 Å². The van der Waals surface area contributed by atoms with Gasteiger partial charge < -0.3 is 34.3 Å².